The number of hydrogen-bond donors (Lipinski definition) is 2. The number of aromatic nitrogens is 5. The lowest BCUT2D eigenvalue weighted by Gasteiger charge is -2.14. The fourth-order valence-corrected chi connectivity index (χ4v) is 2.44. The Bertz CT molecular complexity index is 930. The van der Waals surface area contributed by atoms with Crippen molar-refractivity contribution >= 4 is 11.5 Å². The molecule has 0 fully saturated rings. The van der Waals surface area contributed by atoms with Crippen molar-refractivity contribution in [1.82, 2.24) is 24.4 Å². The lowest BCUT2D eigenvalue weighted by Crippen LogP contribution is -2.13. The molecule has 1 unspecified atom stereocenters. The molecular formula is C16H14N6O. The first-order valence-corrected chi connectivity index (χ1v) is 7.15. The van der Waals surface area contributed by atoms with Crippen molar-refractivity contribution in [3.8, 4) is 5.69 Å². The minimum Gasteiger partial charge on any atom is -0.369 e. The van der Waals surface area contributed by atoms with Crippen molar-refractivity contribution in [3.63, 3.8) is 0 Å². The maximum absolute atomic E-state index is 10.5. The number of hydrogen-bond acceptors (Lipinski definition) is 5. The van der Waals surface area contributed by atoms with Crippen LogP contribution in [0.2, 0.25) is 0 Å². The Labute approximate surface area is 131 Å². The van der Waals surface area contributed by atoms with E-state index in [9.17, 15) is 5.11 Å². The fourth-order valence-electron chi connectivity index (χ4n) is 2.44. The number of nitrogens with one attached hydrogen (secondary N) is 1. The maximum Gasteiger partial charge on any atom is 0.162 e. The quantitative estimate of drug-likeness (QED) is 0.564. The van der Waals surface area contributed by atoms with E-state index < -0.39 is 6.23 Å². The summed E-state index contributed by atoms with van der Waals surface area (Å²) in [5.74, 6) is 0.680. The van der Waals surface area contributed by atoms with Crippen LogP contribution in [-0.4, -0.2) is 29.5 Å². The van der Waals surface area contributed by atoms with Gasteiger partial charge in [-0.05, 0) is 18.2 Å². The molecule has 114 valence electrons. The number of nitrogens with zero attached hydrogens (tertiary/aromatic N) is 5. The molecule has 0 saturated carbocycles. The van der Waals surface area contributed by atoms with Crippen LogP contribution in [0.5, 0.6) is 0 Å². The molecule has 3 heterocycles. The Morgan fingerprint density at radius 1 is 1.00 bits per heavy atom. The third-order valence-corrected chi connectivity index (χ3v) is 3.53. The summed E-state index contributed by atoms with van der Waals surface area (Å²) < 4.78 is 3.34. The predicted molar refractivity (Wildman–Crippen MR) is 85.1 cm³/mol. The molecule has 0 bridgehead atoms. The molecule has 7 nitrogen and oxygen atoms in total. The molecule has 0 spiro atoms. The van der Waals surface area contributed by atoms with Gasteiger partial charge in [0, 0.05) is 18.5 Å². The van der Waals surface area contributed by atoms with Crippen LogP contribution in [0.4, 0.5) is 5.82 Å². The molecule has 0 aliphatic carbocycles. The van der Waals surface area contributed by atoms with Crippen LogP contribution in [0.3, 0.4) is 0 Å². The smallest absolute Gasteiger partial charge is 0.162 e. The van der Waals surface area contributed by atoms with Gasteiger partial charge in [0.2, 0.25) is 0 Å². The highest BCUT2D eigenvalue weighted by Gasteiger charge is 2.16. The van der Waals surface area contributed by atoms with Crippen molar-refractivity contribution in [2.45, 2.75) is 6.23 Å². The molecule has 3 aromatic heterocycles. The highest BCUT2D eigenvalue weighted by atomic mass is 16.3. The molecule has 1 aromatic carbocycles. The summed E-state index contributed by atoms with van der Waals surface area (Å²) in [4.78, 5) is 4.25. The zero-order chi connectivity index (χ0) is 15.6. The van der Waals surface area contributed by atoms with E-state index >= 15 is 0 Å². The van der Waals surface area contributed by atoms with Crippen LogP contribution in [-0.2, 0) is 0 Å². The third kappa shape index (κ3) is 2.43. The summed E-state index contributed by atoms with van der Waals surface area (Å²) >= 11 is 0. The molecule has 0 aliphatic heterocycles. The number of rotatable bonds is 4. The number of para-hydroxylation sites is 1. The summed E-state index contributed by atoms with van der Waals surface area (Å²) in [6.45, 7) is 0. The number of anilines is 1. The lowest BCUT2D eigenvalue weighted by atomic mass is 10.3. The van der Waals surface area contributed by atoms with Gasteiger partial charge in [-0.2, -0.15) is 10.2 Å². The van der Waals surface area contributed by atoms with E-state index in [0.29, 0.717) is 17.0 Å². The van der Waals surface area contributed by atoms with Gasteiger partial charge in [0.1, 0.15) is 5.82 Å². The average Bonchev–Trinajstić information content (AvgIpc) is 3.22. The second-order valence-corrected chi connectivity index (χ2v) is 5.00. The number of aliphatic hydroxyl groups is 1. The van der Waals surface area contributed by atoms with E-state index in [0.717, 1.165) is 5.69 Å². The first-order chi connectivity index (χ1) is 11.3. The molecule has 2 N–H and O–H groups in total. The van der Waals surface area contributed by atoms with Crippen molar-refractivity contribution in [1.29, 1.82) is 0 Å². The molecule has 23 heavy (non-hydrogen) atoms. The van der Waals surface area contributed by atoms with Crippen LogP contribution in [0.15, 0.2) is 67.3 Å². The van der Waals surface area contributed by atoms with Crippen molar-refractivity contribution in [2.24, 2.45) is 0 Å². The second-order valence-electron chi connectivity index (χ2n) is 5.00. The van der Waals surface area contributed by atoms with Crippen molar-refractivity contribution < 1.29 is 5.11 Å². The molecule has 4 rings (SSSR count). The van der Waals surface area contributed by atoms with Gasteiger partial charge >= 0.3 is 0 Å². The van der Waals surface area contributed by atoms with E-state index in [1.807, 2.05) is 30.3 Å². The Morgan fingerprint density at radius 3 is 2.74 bits per heavy atom. The van der Waals surface area contributed by atoms with Gasteiger partial charge in [0.05, 0.1) is 23.6 Å². The van der Waals surface area contributed by atoms with Crippen LogP contribution in [0, 0.1) is 0 Å². The number of benzene rings is 1. The molecular weight excluding hydrogens is 292 g/mol. The Balaban J connectivity index is 1.65. The maximum atomic E-state index is 10.5. The minimum atomic E-state index is -0.943. The average molecular weight is 306 g/mol. The van der Waals surface area contributed by atoms with Crippen LogP contribution >= 0.6 is 0 Å². The normalized spacial score (nSPS) is 12.4. The van der Waals surface area contributed by atoms with Gasteiger partial charge in [0.25, 0.3) is 0 Å². The highest BCUT2D eigenvalue weighted by molar-refractivity contribution is 5.51. The minimum absolute atomic E-state index is 0.603. The van der Waals surface area contributed by atoms with Gasteiger partial charge in [0.15, 0.2) is 11.9 Å². The van der Waals surface area contributed by atoms with E-state index in [2.05, 4.69) is 20.5 Å². The van der Waals surface area contributed by atoms with Crippen LogP contribution < -0.4 is 5.32 Å². The summed E-state index contributed by atoms with van der Waals surface area (Å²) in [5, 5.41) is 22.0. The van der Waals surface area contributed by atoms with E-state index in [1.54, 1.807) is 46.1 Å². The first-order valence-electron chi connectivity index (χ1n) is 7.15. The van der Waals surface area contributed by atoms with Gasteiger partial charge in [-0.1, -0.05) is 18.2 Å². The van der Waals surface area contributed by atoms with E-state index in [4.69, 9.17) is 0 Å². The van der Waals surface area contributed by atoms with Crippen molar-refractivity contribution in [3.05, 3.63) is 72.8 Å². The van der Waals surface area contributed by atoms with Crippen molar-refractivity contribution in [2.75, 3.05) is 5.32 Å². The number of fused-ring (bicyclic) bond motifs is 1. The second kappa shape index (κ2) is 5.54. The number of aliphatic hydroxyl groups excluding tert-OH is 1. The Kier molecular flexibility index (Phi) is 3.25. The van der Waals surface area contributed by atoms with Gasteiger partial charge < -0.3 is 10.4 Å². The largest absolute Gasteiger partial charge is 0.369 e. The summed E-state index contributed by atoms with van der Waals surface area (Å²) in [7, 11) is 0. The Hall–Kier alpha value is -3.19. The molecule has 0 amide bonds. The van der Waals surface area contributed by atoms with Gasteiger partial charge in [-0.25, -0.2) is 14.2 Å². The third-order valence-electron chi connectivity index (χ3n) is 3.53. The Morgan fingerprint density at radius 2 is 1.87 bits per heavy atom. The predicted octanol–water partition coefficient (Wildman–Crippen LogP) is 2.02. The summed E-state index contributed by atoms with van der Waals surface area (Å²) in [5.41, 5.74) is 2.12. The van der Waals surface area contributed by atoms with Gasteiger partial charge in [-0.3, -0.25) is 0 Å². The SMILES string of the molecule is OC(Nc1ccnn1-c1ccccc1)c1cnn2cccnc12. The lowest BCUT2D eigenvalue weighted by molar-refractivity contribution is 0.208. The monoisotopic (exact) mass is 306 g/mol. The zero-order valence-corrected chi connectivity index (χ0v) is 12.1. The van der Waals surface area contributed by atoms with Gasteiger partial charge in [-0.15, -0.1) is 0 Å². The molecule has 0 saturated heterocycles. The first kappa shape index (κ1) is 13.5. The zero-order valence-electron chi connectivity index (χ0n) is 12.1. The summed E-state index contributed by atoms with van der Waals surface area (Å²) in [6, 6.07) is 13.3. The molecule has 1 atom stereocenters. The van der Waals surface area contributed by atoms with E-state index in [1.165, 1.54) is 0 Å². The molecule has 0 aliphatic rings. The highest BCUT2D eigenvalue weighted by Crippen LogP contribution is 2.22. The molecule has 7 heteroatoms. The standard InChI is InChI=1S/C16H14N6O/c23-16(13-11-19-21-10-4-8-17-15(13)21)20-14-7-9-18-22(14)12-5-2-1-3-6-12/h1-11,16,20,23H. The van der Waals surface area contributed by atoms with E-state index in [-0.39, 0.29) is 0 Å². The van der Waals surface area contributed by atoms with Crippen LogP contribution in [0.1, 0.15) is 11.8 Å². The fraction of sp³-hybridized carbons (Fsp3) is 0.0625. The molecule has 0 radical (unpaired) electrons. The topological polar surface area (TPSA) is 80.3 Å². The molecule has 4 aromatic rings. The summed E-state index contributed by atoms with van der Waals surface area (Å²) in [6.07, 6.45) is 5.79. The van der Waals surface area contributed by atoms with Crippen LogP contribution in [0.25, 0.3) is 11.3 Å².